The molecule has 1 rings (SSSR count). The van der Waals surface area contributed by atoms with Crippen molar-refractivity contribution in [3.8, 4) is 0 Å². The second-order valence-corrected chi connectivity index (χ2v) is 6.17. The minimum absolute atomic E-state index is 0.00106. The second kappa shape index (κ2) is 6.17. The van der Waals surface area contributed by atoms with Gasteiger partial charge in [-0.25, -0.2) is 0 Å². The smallest absolute Gasteiger partial charge is 0.0859 e. The van der Waals surface area contributed by atoms with E-state index in [1.165, 1.54) is 0 Å². The second-order valence-electron chi connectivity index (χ2n) is 6.17. The maximum absolute atomic E-state index is 10.0. The zero-order chi connectivity index (χ0) is 13.1. The van der Waals surface area contributed by atoms with Gasteiger partial charge in [0.25, 0.3) is 0 Å². The molecule has 1 fully saturated rings. The molecule has 0 bridgehead atoms. The SMILES string of the molecule is COC(C)(C)CCOC1C(C)CC(C)CC1O. The fourth-order valence-corrected chi connectivity index (χ4v) is 2.61. The Kier molecular flexibility index (Phi) is 5.42. The highest BCUT2D eigenvalue weighted by Crippen LogP contribution is 2.31. The van der Waals surface area contributed by atoms with Crippen LogP contribution in [0.4, 0.5) is 0 Å². The summed E-state index contributed by atoms with van der Waals surface area (Å²) in [7, 11) is 1.72. The highest BCUT2D eigenvalue weighted by molar-refractivity contribution is 4.84. The first-order valence-corrected chi connectivity index (χ1v) is 6.70. The van der Waals surface area contributed by atoms with Crippen LogP contribution in [0, 0.1) is 11.8 Å². The average Bonchev–Trinajstić information content (AvgIpc) is 2.22. The van der Waals surface area contributed by atoms with Gasteiger partial charge in [-0.2, -0.15) is 0 Å². The molecule has 3 heteroatoms. The number of rotatable bonds is 5. The van der Waals surface area contributed by atoms with Crippen molar-refractivity contribution in [2.75, 3.05) is 13.7 Å². The van der Waals surface area contributed by atoms with Crippen molar-refractivity contribution >= 4 is 0 Å². The molecule has 0 amide bonds. The molecule has 1 saturated carbocycles. The van der Waals surface area contributed by atoms with Gasteiger partial charge in [0.2, 0.25) is 0 Å². The predicted molar refractivity (Wildman–Crippen MR) is 69.0 cm³/mol. The van der Waals surface area contributed by atoms with Gasteiger partial charge in [-0.05, 0) is 44.9 Å². The van der Waals surface area contributed by atoms with Crippen LogP contribution in [0.15, 0.2) is 0 Å². The van der Waals surface area contributed by atoms with Crippen molar-refractivity contribution in [3.05, 3.63) is 0 Å². The van der Waals surface area contributed by atoms with Gasteiger partial charge in [0.15, 0.2) is 0 Å². The standard InChI is InChI=1S/C14H28O3/c1-10-8-11(2)13(12(15)9-10)17-7-6-14(3,4)16-5/h10-13,15H,6-9H2,1-5H3. The summed E-state index contributed by atoms with van der Waals surface area (Å²) in [6.07, 6.45) is 2.56. The lowest BCUT2D eigenvalue weighted by Crippen LogP contribution is -2.42. The van der Waals surface area contributed by atoms with E-state index in [1.807, 2.05) is 0 Å². The molecule has 0 spiro atoms. The van der Waals surface area contributed by atoms with Gasteiger partial charge in [-0.3, -0.25) is 0 Å². The van der Waals surface area contributed by atoms with Crippen molar-refractivity contribution in [1.82, 2.24) is 0 Å². The van der Waals surface area contributed by atoms with Crippen molar-refractivity contribution < 1.29 is 14.6 Å². The molecule has 17 heavy (non-hydrogen) atoms. The molecular weight excluding hydrogens is 216 g/mol. The summed E-state index contributed by atoms with van der Waals surface area (Å²) >= 11 is 0. The zero-order valence-corrected chi connectivity index (χ0v) is 11.9. The van der Waals surface area contributed by atoms with Gasteiger partial charge in [0, 0.05) is 13.7 Å². The minimum atomic E-state index is -0.306. The van der Waals surface area contributed by atoms with E-state index in [1.54, 1.807) is 7.11 Å². The van der Waals surface area contributed by atoms with Gasteiger partial charge in [-0.15, -0.1) is 0 Å². The van der Waals surface area contributed by atoms with Gasteiger partial charge in [-0.1, -0.05) is 13.8 Å². The Balaban J connectivity index is 2.35. The lowest BCUT2D eigenvalue weighted by Gasteiger charge is -2.37. The van der Waals surface area contributed by atoms with Crippen LogP contribution in [0.3, 0.4) is 0 Å². The van der Waals surface area contributed by atoms with Crippen molar-refractivity contribution in [3.63, 3.8) is 0 Å². The molecule has 0 radical (unpaired) electrons. The number of aliphatic hydroxyl groups excluding tert-OH is 1. The van der Waals surface area contributed by atoms with E-state index in [2.05, 4.69) is 27.7 Å². The van der Waals surface area contributed by atoms with Crippen LogP contribution >= 0.6 is 0 Å². The third-order valence-corrected chi connectivity index (χ3v) is 3.93. The third-order valence-electron chi connectivity index (χ3n) is 3.93. The van der Waals surface area contributed by atoms with E-state index in [-0.39, 0.29) is 17.8 Å². The minimum Gasteiger partial charge on any atom is -0.390 e. The predicted octanol–water partition coefficient (Wildman–Crippen LogP) is 2.61. The van der Waals surface area contributed by atoms with Gasteiger partial charge in [0.1, 0.15) is 0 Å². The summed E-state index contributed by atoms with van der Waals surface area (Å²) in [4.78, 5) is 0. The molecule has 4 atom stereocenters. The Morgan fingerprint density at radius 2 is 1.88 bits per heavy atom. The molecule has 1 aliphatic rings. The van der Waals surface area contributed by atoms with Gasteiger partial charge < -0.3 is 14.6 Å². The fourth-order valence-electron chi connectivity index (χ4n) is 2.61. The normalized spacial score (nSPS) is 34.9. The summed E-state index contributed by atoms with van der Waals surface area (Å²) in [5, 5.41) is 10.0. The van der Waals surface area contributed by atoms with E-state index < -0.39 is 0 Å². The van der Waals surface area contributed by atoms with Crippen LogP contribution in [0.25, 0.3) is 0 Å². The summed E-state index contributed by atoms with van der Waals surface area (Å²) in [5.74, 6) is 1.05. The Hall–Kier alpha value is -0.120. The van der Waals surface area contributed by atoms with Gasteiger partial charge >= 0.3 is 0 Å². The highest BCUT2D eigenvalue weighted by Gasteiger charge is 2.33. The van der Waals surface area contributed by atoms with Crippen LogP contribution in [-0.4, -0.2) is 36.6 Å². The van der Waals surface area contributed by atoms with E-state index in [9.17, 15) is 5.11 Å². The number of hydrogen-bond donors (Lipinski definition) is 1. The maximum atomic E-state index is 10.0. The van der Waals surface area contributed by atoms with Crippen LogP contribution in [0.1, 0.15) is 47.0 Å². The molecule has 0 saturated heterocycles. The number of methoxy groups -OCH3 is 1. The third kappa shape index (κ3) is 4.57. The summed E-state index contributed by atoms with van der Waals surface area (Å²) in [5.41, 5.74) is -0.143. The first-order chi connectivity index (χ1) is 7.85. The van der Waals surface area contributed by atoms with Crippen LogP contribution in [0.2, 0.25) is 0 Å². The molecule has 0 aliphatic heterocycles. The van der Waals surface area contributed by atoms with Crippen LogP contribution in [-0.2, 0) is 9.47 Å². The van der Waals surface area contributed by atoms with Crippen LogP contribution in [0.5, 0.6) is 0 Å². The van der Waals surface area contributed by atoms with Crippen molar-refractivity contribution in [2.24, 2.45) is 11.8 Å². The number of hydrogen-bond acceptors (Lipinski definition) is 3. The largest absolute Gasteiger partial charge is 0.390 e. The van der Waals surface area contributed by atoms with E-state index in [0.29, 0.717) is 18.4 Å². The molecule has 0 heterocycles. The number of ether oxygens (including phenoxy) is 2. The summed E-state index contributed by atoms with van der Waals surface area (Å²) in [6.45, 7) is 9.13. The molecule has 1 N–H and O–H groups in total. The molecule has 0 aromatic rings. The molecule has 1 aliphatic carbocycles. The molecule has 0 aromatic carbocycles. The topological polar surface area (TPSA) is 38.7 Å². The first-order valence-electron chi connectivity index (χ1n) is 6.70. The lowest BCUT2D eigenvalue weighted by molar-refractivity contribution is -0.108. The Morgan fingerprint density at radius 3 is 2.41 bits per heavy atom. The molecule has 102 valence electrons. The average molecular weight is 244 g/mol. The van der Waals surface area contributed by atoms with Gasteiger partial charge in [0.05, 0.1) is 17.8 Å². The Bertz CT molecular complexity index is 216. The highest BCUT2D eigenvalue weighted by atomic mass is 16.5. The molecule has 3 nitrogen and oxygen atoms in total. The zero-order valence-electron chi connectivity index (χ0n) is 11.9. The van der Waals surface area contributed by atoms with E-state index >= 15 is 0 Å². The summed E-state index contributed by atoms with van der Waals surface area (Å²) < 4.78 is 11.2. The van der Waals surface area contributed by atoms with E-state index in [4.69, 9.17) is 9.47 Å². The fraction of sp³-hybridized carbons (Fsp3) is 1.00. The molecule has 4 unspecified atom stereocenters. The Morgan fingerprint density at radius 1 is 1.24 bits per heavy atom. The Labute approximate surface area is 105 Å². The molecular formula is C14H28O3. The summed E-state index contributed by atoms with van der Waals surface area (Å²) in [6, 6.07) is 0. The number of aliphatic hydroxyl groups is 1. The van der Waals surface area contributed by atoms with E-state index in [0.717, 1.165) is 19.3 Å². The lowest BCUT2D eigenvalue weighted by atomic mass is 9.79. The monoisotopic (exact) mass is 244 g/mol. The quantitative estimate of drug-likeness (QED) is 0.808. The van der Waals surface area contributed by atoms with Crippen molar-refractivity contribution in [2.45, 2.75) is 64.8 Å². The molecule has 0 aromatic heterocycles. The van der Waals surface area contributed by atoms with Crippen LogP contribution < -0.4 is 0 Å². The first kappa shape index (κ1) is 14.9. The van der Waals surface area contributed by atoms with Crippen molar-refractivity contribution in [1.29, 1.82) is 0 Å². The maximum Gasteiger partial charge on any atom is 0.0859 e.